The standard InChI is InChI=1S/C59H39NS/c1-4-20-41(21-5-1)47-29-16-30-48-49-31-17-36-55(58(49)61-57(47)48)60(53-34-15-13-27-46(53)43-38-37-40-19-10-11-22-42(40)39-43)54-35-18-33-52-56(54)50-28-12-14-32-51(50)59(52,44-23-6-2-7-24-44)45-25-8-3-9-26-45/h1-39H. The fourth-order valence-electron chi connectivity index (χ4n) is 10.1. The Morgan fingerprint density at radius 2 is 0.869 bits per heavy atom. The van der Waals surface area contributed by atoms with Crippen LogP contribution in [0.15, 0.2) is 237 Å². The average Bonchev–Trinajstić information content (AvgIpc) is 3.88. The van der Waals surface area contributed by atoms with Crippen LogP contribution in [-0.4, -0.2) is 0 Å². The summed E-state index contributed by atoms with van der Waals surface area (Å²) in [5.41, 5.74) is 15.4. The molecule has 1 aliphatic rings. The van der Waals surface area contributed by atoms with E-state index in [1.165, 1.54) is 86.6 Å². The Balaban J connectivity index is 1.19. The quantitative estimate of drug-likeness (QED) is 0.155. The first kappa shape index (κ1) is 35.4. The largest absolute Gasteiger partial charge is 0.308 e. The molecule has 11 aromatic rings. The number of nitrogens with zero attached hydrogens (tertiary/aromatic N) is 1. The summed E-state index contributed by atoms with van der Waals surface area (Å²) >= 11 is 1.90. The molecule has 0 spiro atoms. The third-order valence-corrected chi connectivity index (χ3v) is 14.0. The van der Waals surface area contributed by atoms with Crippen molar-refractivity contribution < 1.29 is 0 Å². The zero-order chi connectivity index (χ0) is 40.3. The predicted octanol–water partition coefficient (Wildman–Crippen LogP) is 16.4. The fraction of sp³-hybridized carbons (Fsp3) is 0.0169. The molecule has 61 heavy (non-hydrogen) atoms. The van der Waals surface area contributed by atoms with Crippen LogP contribution in [0.25, 0.3) is 64.3 Å². The van der Waals surface area contributed by atoms with Crippen molar-refractivity contribution in [2.45, 2.75) is 5.41 Å². The van der Waals surface area contributed by atoms with E-state index in [9.17, 15) is 0 Å². The lowest BCUT2D eigenvalue weighted by Gasteiger charge is -2.34. The minimum atomic E-state index is -0.526. The molecule has 0 unspecified atom stereocenters. The lowest BCUT2D eigenvalue weighted by molar-refractivity contribution is 0.768. The molecule has 1 aromatic heterocycles. The maximum Gasteiger partial charge on any atom is 0.0714 e. The molecule has 0 saturated carbocycles. The highest BCUT2D eigenvalue weighted by Gasteiger charge is 2.47. The molecule has 1 heterocycles. The van der Waals surface area contributed by atoms with Crippen LogP contribution < -0.4 is 4.90 Å². The number of thiophene rings is 1. The maximum atomic E-state index is 2.58. The Labute approximate surface area is 360 Å². The molecule has 2 heteroatoms. The van der Waals surface area contributed by atoms with Crippen LogP contribution in [0.5, 0.6) is 0 Å². The number of anilines is 3. The average molecular weight is 794 g/mol. The number of rotatable bonds is 7. The van der Waals surface area contributed by atoms with Gasteiger partial charge < -0.3 is 4.90 Å². The predicted molar refractivity (Wildman–Crippen MR) is 260 cm³/mol. The molecule has 286 valence electrons. The van der Waals surface area contributed by atoms with Gasteiger partial charge in [-0.3, -0.25) is 0 Å². The Morgan fingerprint density at radius 3 is 1.64 bits per heavy atom. The number of benzene rings is 10. The second-order valence-corrected chi connectivity index (χ2v) is 17.0. The van der Waals surface area contributed by atoms with E-state index in [1.54, 1.807) is 0 Å². The summed E-state index contributed by atoms with van der Waals surface area (Å²) in [4.78, 5) is 2.58. The van der Waals surface area contributed by atoms with Crippen molar-refractivity contribution in [3.05, 3.63) is 259 Å². The van der Waals surface area contributed by atoms with Gasteiger partial charge in [0.25, 0.3) is 0 Å². The summed E-state index contributed by atoms with van der Waals surface area (Å²) in [5, 5.41) is 5.01. The summed E-state index contributed by atoms with van der Waals surface area (Å²) in [6.45, 7) is 0. The Hall–Kier alpha value is -7.52. The highest BCUT2D eigenvalue weighted by molar-refractivity contribution is 7.27. The molecule has 0 fully saturated rings. The number of hydrogen-bond acceptors (Lipinski definition) is 2. The molecule has 0 amide bonds. The van der Waals surface area contributed by atoms with E-state index in [1.807, 2.05) is 11.3 Å². The first-order valence-electron chi connectivity index (χ1n) is 21.0. The van der Waals surface area contributed by atoms with Gasteiger partial charge in [0.2, 0.25) is 0 Å². The minimum absolute atomic E-state index is 0.526. The van der Waals surface area contributed by atoms with Gasteiger partial charge in [-0.25, -0.2) is 0 Å². The second kappa shape index (κ2) is 14.3. The normalized spacial score (nSPS) is 12.7. The Morgan fingerprint density at radius 1 is 0.328 bits per heavy atom. The number of para-hydroxylation sites is 1. The van der Waals surface area contributed by atoms with E-state index in [-0.39, 0.29) is 0 Å². The van der Waals surface area contributed by atoms with Gasteiger partial charge in [0, 0.05) is 26.6 Å². The Bertz CT molecular complexity index is 3380. The smallest absolute Gasteiger partial charge is 0.0714 e. The van der Waals surface area contributed by atoms with Crippen LogP contribution in [0.4, 0.5) is 17.1 Å². The first-order chi connectivity index (χ1) is 30.3. The van der Waals surface area contributed by atoms with E-state index in [0.29, 0.717) is 0 Å². The highest BCUT2D eigenvalue weighted by Crippen LogP contribution is 2.60. The van der Waals surface area contributed by atoms with Crippen molar-refractivity contribution in [3.8, 4) is 33.4 Å². The molecule has 0 radical (unpaired) electrons. The number of fused-ring (bicyclic) bond motifs is 7. The van der Waals surface area contributed by atoms with Crippen molar-refractivity contribution >= 4 is 59.3 Å². The zero-order valence-corrected chi connectivity index (χ0v) is 34.2. The van der Waals surface area contributed by atoms with E-state index < -0.39 is 5.41 Å². The van der Waals surface area contributed by atoms with Crippen molar-refractivity contribution in [2.24, 2.45) is 0 Å². The van der Waals surface area contributed by atoms with Gasteiger partial charge in [-0.15, -0.1) is 11.3 Å². The van der Waals surface area contributed by atoms with Crippen molar-refractivity contribution in [1.29, 1.82) is 0 Å². The lowest BCUT2D eigenvalue weighted by Crippen LogP contribution is -2.28. The molecular formula is C59H39NS. The highest BCUT2D eigenvalue weighted by atomic mass is 32.1. The van der Waals surface area contributed by atoms with Crippen LogP contribution >= 0.6 is 11.3 Å². The van der Waals surface area contributed by atoms with Gasteiger partial charge in [-0.2, -0.15) is 0 Å². The molecule has 10 aromatic carbocycles. The third-order valence-electron chi connectivity index (χ3n) is 12.7. The monoisotopic (exact) mass is 793 g/mol. The van der Waals surface area contributed by atoms with E-state index in [2.05, 4.69) is 241 Å². The van der Waals surface area contributed by atoms with Gasteiger partial charge in [0.15, 0.2) is 0 Å². The van der Waals surface area contributed by atoms with Crippen LogP contribution in [0.3, 0.4) is 0 Å². The molecule has 12 rings (SSSR count). The zero-order valence-electron chi connectivity index (χ0n) is 33.4. The maximum absolute atomic E-state index is 2.58. The van der Waals surface area contributed by atoms with E-state index >= 15 is 0 Å². The van der Waals surface area contributed by atoms with E-state index in [4.69, 9.17) is 0 Å². The summed E-state index contributed by atoms with van der Waals surface area (Å²) in [7, 11) is 0. The van der Waals surface area contributed by atoms with Crippen molar-refractivity contribution in [2.75, 3.05) is 4.90 Å². The van der Waals surface area contributed by atoms with Crippen LogP contribution in [0.2, 0.25) is 0 Å². The lowest BCUT2D eigenvalue weighted by atomic mass is 9.68. The number of hydrogen-bond donors (Lipinski definition) is 0. The fourth-order valence-corrected chi connectivity index (χ4v) is 11.5. The van der Waals surface area contributed by atoms with Crippen molar-refractivity contribution in [1.82, 2.24) is 0 Å². The minimum Gasteiger partial charge on any atom is -0.308 e. The SMILES string of the molecule is c1ccc(-c2cccc3c2sc2c(N(c4ccccc4-c4ccc5ccccc5c4)c4cccc5c4-c4ccccc4C5(c4ccccc4)c4ccccc4)cccc23)cc1. The van der Waals surface area contributed by atoms with Gasteiger partial charge in [-0.05, 0) is 79.5 Å². The van der Waals surface area contributed by atoms with Gasteiger partial charge in [0.1, 0.15) is 0 Å². The summed E-state index contributed by atoms with van der Waals surface area (Å²) < 4.78 is 2.56. The summed E-state index contributed by atoms with van der Waals surface area (Å²) in [6, 6.07) is 87.3. The van der Waals surface area contributed by atoms with Gasteiger partial charge in [-0.1, -0.05) is 212 Å². The van der Waals surface area contributed by atoms with Gasteiger partial charge in [0.05, 0.1) is 27.2 Å². The Kier molecular flexibility index (Phi) is 8.33. The third kappa shape index (κ3) is 5.46. The molecule has 1 aliphatic carbocycles. The molecular weight excluding hydrogens is 755 g/mol. The summed E-state index contributed by atoms with van der Waals surface area (Å²) in [5.74, 6) is 0. The molecule has 1 nitrogen and oxygen atoms in total. The molecule has 0 saturated heterocycles. The topological polar surface area (TPSA) is 3.24 Å². The molecule has 0 atom stereocenters. The van der Waals surface area contributed by atoms with E-state index in [0.717, 1.165) is 17.1 Å². The first-order valence-corrected chi connectivity index (χ1v) is 21.8. The molecule has 0 bridgehead atoms. The molecule has 0 aliphatic heterocycles. The van der Waals surface area contributed by atoms with Crippen LogP contribution in [0.1, 0.15) is 22.3 Å². The van der Waals surface area contributed by atoms with Gasteiger partial charge >= 0.3 is 0 Å². The van der Waals surface area contributed by atoms with Crippen LogP contribution in [-0.2, 0) is 5.41 Å². The molecule has 0 N–H and O–H groups in total. The van der Waals surface area contributed by atoms with Crippen LogP contribution in [0, 0.1) is 0 Å². The second-order valence-electron chi connectivity index (χ2n) is 15.9. The summed E-state index contributed by atoms with van der Waals surface area (Å²) in [6.07, 6.45) is 0. The van der Waals surface area contributed by atoms with Crippen molar-refractivity contribution in [3.63, 3.8) is 0 Å².